The van der Waals surface area contributed by atoms with Crippen LogP contribution in [0.1, 0.15) is 23.2 Å². The van der Waals surface area contributed by atoms with Gasteiger partial charge < -0.3 is 5.73 Å². The maximum atomic E-state index is 12.4. The largest absolute Gasteiger partial charge is 0.384 e. The highest BCUT2D eigenvalue weighted by atomic mass is 35.5. The van der Waals surface area contributed by atoms with E-state index < -0.39 is 12.1 Å². The molecule has 0 amide bonds. The Morgan fingerprint density at radius 2 is 2.29 bits per heavy atom. The number of nitrogen functional groups attached to an aromatic ring is 1. The highest BCUT2D eigenvalue weighted by molar-refractivity contribution is 6.17. The quantitative estimate of drug-likeness (QED) is 0.773. The van der Waals surface area contributed by atoms with Crippen LogP contribution in [-0.2, 0) is 5.88 Å². The molecule has 0 aliphatic heterocycles. The molecule has 2 N–H and O–H groups in total. The summed E-state index contributed by atoms with van der Waals surface area (Å²) in [5, 5.41) is 8.64. The van der Waals surface area contributed by atoms with Crippen molar-refractivity contribution in [3.63, 3.8) is 0 Å². The second kappa shape index (κ2) is 4.20. The fraction of sp³-hybridized carbons (Fsp3) is 0.250. The van der Waals surface area contributed by atoms with Gasteiger partial charge in [0.15, 0.2) is 0 Å². The first-order chi connectivity index (χ1) is 6.60. The number of pyridine rings is 1. The molecule has 1 rings (SSSR count). The van der Waals surface area contributed by atoms with E-state index in [-0.39, 0.29) is 22.8 Å². The molecule has 0 bridgehead atoms. The number of hydrogen-bond donors (Lipinski definition) is 1. The highest BCUT2D eigenvalue weighted by Crippen LogP contribution is 2.26. The lowest BCUT2D eigenvalue weighted by atomic mass is 10.1. The van der Waals surface area contributed by atoms with E-state index in [9.17, 15) is 8.78 Å². The minimum Gasteiger partial charge on any atom is -0.384 e. The van der Waals surface area contributed by atoms with E-state index in [2.05, 4.69) is 4.98 Å². The molecule has 1 aromatic heterocycles. The van der Waals surface area contributed by atoms with Crippen molar-refractivity contribution in [3.05, 3.63) is 22.9 Å². The van der Waals surface area contributed by atoms with Gasteiger partial charge in [0.05, 0.1) is 17.5 Å². The van der Waals surface area contributed by atoms with Gasteiger partial charge in [0.2, 0.25) is 0 Å². The van der Waals surface area contributed by atoms with Crippen molar-refractivity contribution in [3.8, 4) is 6.07 Å². The number of anilines is 1. The molecule has 6 heteroatoms. The summed E-state index contributed by atoms with van der Waals surface area (Å²) in [5.41, 5.74) is 4.83. The van der Waals surface area contributed by atoms with E-state index >= 15 is 0 Å². The van der Waals surface area contributed by atoms with Crippen molar-refractivity contribution in [1.82, 2.24) is 4.98 Å². The van der Waals surface area contributed by atoms with Gasteiger partial charge in [0.1, 0.15) is 11.5 Å². The molecular formula is C8H6ClF2N3. The Morgan fingerprint density at radius 3 is 2.71 bits per heavy atom. The minimum absolute atomic E-state index is 0.0402. The number of halogens is 3. The zero-order valence-corrected chi connectivity index (χ0v) is 7.72. The van der Waals surface area contributed by atoms with E-state index in [0.717, 1.165) is 0 Å². The van der Waals surface area contributed by atoms with Crippen LogP contribution in [0.25, 0.3) is 0 Å². The fourth-order valence-electron chi connectivity index (χ4n) is 1.03. The highest BCUT2D eigenvalue weighted by Gasteiger charge is 2.18. The van der Waals surface area contributed by atoms with E-state index in [1.54, 1.807) is 6.07 Å². The maximum Gasteiger partial charge on any atom is 0.280 e. The number of nitriles is 1. The molecule has 1 aromatic rings. The first-order valence-corrected chi connectivity index (χ1v) is 4.17. The molecule has 0 aliphatic carbocycles. The lowest BCUT2D eigenvalue weighted by Crippen LogP contribution is -2.03. The minimum atomic E-state index is -2.78. The predicted molar refractivity (Wildman–Crippen MR) is 47.9 cm³/mol. The monoisotopic (exact) mass is 217 g/mol. The van der Waals surface area contributed by atoms with Gasteiger partial charge in [0.25, 0.3) is 6.43 Å². The van der Waals surface area contributed by atoms with Gasteiger partial charge >= 0.3 is 0 Å². The van der Waals surface area contributed by atoms with E-state index in [0.29, 0.717) is 0 Å². The molecule has 3 nitrogen and oxygen atoms in total. The van der Waals surface area contributed by atoms with Gasteiger partial charge in [-0.25, -0.2) is 13.8 Å². The zero-order chi connectivity index (χ0) is 10.7. The van der Waals surface area contributed by atoms with Crippen LogP contribution < -0.4 is 5.73 Å². The number of nitrogens with zero attached hydrogens (tertiary/aromatic N) is 2. The second-order valence-electron chi connectivity index (χ2n) is 2.50. The molecule has 74 valence electrons. The predicted octanol–water partition coefficient (Wildman–Crippen LogP) is 2.21. The zero-order valence-electron chi connectivity index (χ0n) is 6.97. The summed E-state index contributed by atoms with van der Waals surface area (Å²) < 4.78 is 24.8. The molecule has 0 fully saturated rings. The topological polar surface area (TPSA) is 62.7 Å². The van der Waals surface area contributed by atoms with E-state index in [4.69, 9.17) is 22.6 Å². The molecule has 0 spiro atoms. The van der Waals surface area contributed by atoms with Crippen LogP contribution in [-0.4, -0.2) is 4.98 Å². The number of hydrogen-bond acceptors (Lipinski definition) is 3. The number of alkyl halides is 3. The molecule has 0 saturated carbocycles. The molecule has 0 saturated heterocycles. The number of nitrogens with two attached hydrogens (primary N) is 1. The molecule has 0 unspecified atom stereocenters. The van der Waals surface area contributed by atoms with Crippen LogP contribution in [0.5, 0.6) is 0 Å². The summed E-state index contributed by atoms with van der Waals surface area (Å²) in [4.78, 5) is 3.44. The van der Waals surface area contributed by atoms with Crippen molar-refractivity contribution in [1.29, 1.82) is 5.26 Å². The maximum absolute atomic E-state index is 12.4. The van der Waals surface area contributed by atoms with Crippen molar-refractivity contribution in [2.45, 2.75) is 12.3 Å². The summed E-state index contributed by atoms with van der Waals surface area (Å²) in [7, 11) is 0. The Hall–Kier alpha value is -1.41. The lowest BCUT2D eigenvalue weighted by molar-refractivity contribution is 0.145. The van der Waals surface area contributed by atoms with Gasteiger partial charge in [-0.05, 0) is 6.07 Å². The first-order valence-electron chi connectivity index (χ1n) is 3.63. The Morgan fingerprint density at radius 1 is 1.64 bits per heavy atom. The summed E-state index contributed by atoms with van der Waals surface area (Å²) in [6.45, 7) is 0. The average molecular weight is 218 g/mol. The number of aromatic nitrogens is 1. The third-order valence-electron chi connectivity index (χ3n) is 1.64. The van der Waals surface area contributed by atoms with Crippen LogP contribution in [0.4, 0.5) is 14.6 Å². The molecule has 0 radical (unpaired) electrons. The second-order valence-corrected chi connectivity index (χ2v) is 2.77. The van der Waals surface area contributed by atoms with Gasteiger partial charge in [-0.15, -0.1) is 11.6 Å². The van der Waals surface area contributed by atoms with Crippen LogP contribution >= 0.6 is 11.6 Å². The van der Waals surface area contributed by atoms with E-state index in [1.807, 2.05) is 0 Å². The molecule has 0 atom stereocenters. The van der Waals surface area contributed by atoms with E-state index in [1.165, 1.54) is 6.07 Å². The Balaban J connectivity index is 3.41. The van der Waals surface area contributed by atoms with Crippen molar-refractivity contribution >= 4 is 17.4 Å². The molecule has 0 aliphatic rings. The van der Waals surface area contributed by atoms with Crippen LogP contribution in [0.2, 0.25) is 0 Å². The van der Waals surface area contributed by atoms with Crippen molar-refractivity contribution in [2.24, 2.45) is 0 Å². The van der Waals surface area contributed by atoms with Crippen molar-refractivity contribution in [2.75, 3.05) is 5.73 Å². The summed E-state index contributed by atoms with van der Waals surface area (Å²) in [6, 6.07) is 2.97. The average Bonchev–Trinajstić information content (AvgIpc) is 2.16. The van der Waals surface area contributed by atoms with Crippen LogP contribution in [0.3, 0.4) is 0 Å². The SMILES string of the molecule is N#Cc1cc(N)nc(C(F)F)c1CCl. The molecule has 1 heterocycles. The van der Waals surface area contributed by atoms with Gasteiger partial charge in [-0.1, -0.05) is 0 Å². The normalized spacial score (nSPS) is 10.2. The van der Waals surface area contributed by atoms with Gasteiger partial charge in [-0.2, -0.15) is 5.26 Å². The Labute approximate surface area is 84.1 Å². The van der Waals surface area contributed by atoms with Crippen molar-refractivity contribution < 1.29 is 8.78 Å². The van der Waals surface area contributed by atoms with Crippen LogP contribution in [0.15, 0.2) is 6.07 Å². The third kappa shape index (κ3) is 1.91. The number of rotatable bonds is 2. The molecule has 14 heavy (non-hydrogen) atoms. The smallest absolute Gasteiger partial charge is 0.280 e. The Bertz CT molecular complexity index is 387. The summed E-state index contributed by atoms with van der Waals surface area (Å²) in [6.07, 6.45) is -2.78. The fourth-order valence-corrected chi connectivity index (χ4v) is 1.31. The van der Waals surface area contributed by atoms with Gasteiger partial charge in [0, 0.05) is 5.56 Å². The molecular weight excluding hydrogens is 212 g/mol. The van der Waals surface area contributed by atoms with Crippen LogP contribution in [0, 0.1) is 11.3 Å². The standard InChI is InChI=1S/C8H6ClF2N3/c9-2-5-4(3-12)1-6(13)14-7(5)8(10)11/h1,8H,2H2,(H2,13,14). The summed E-state index contributed by atoms with van der Waals surface area (Å²) >= 11 is 5.45. The lowest BCUT2D eigenvalue weighted by Gasteiger charge is -2.07. The van der Waals surface area contributed by atoms with Gasteiger partial charge in [-0.3, -0.25) is 0 Å². The molecule has 0 aromatic carbocycles. The third-order valence-corrected chi connectivity index (χ3v) is 1.90. The first kappa shape index (κ1) is 10.7. The summed E-state index contributed by atoms with van der Waals surface area (Å²) in [5.74, 6) is -0.290. The Kier molecular flexibility index (Phi) is 3.20.